The smallest absolute Gasteiger partial charge is 0.255 e. The predicted molar refractivity (Wildman–Crippen MR) is 64.8 cm³/mol. The Hall–Kier alpha value is -0.870. The quantitative estimate of drug-likeness (QED) is 0.908. The van der Waals surface area contributed by atoms with E-state index in [9.17, 15) is 4.79 Å². The lowest BCUT2D eigenvalue weighted by Crippen LogP contribution is -2.35. The Bertz CT molecular complexity index is 341. The number of likely N-dealkylation sites (N-methyl/N-ethyl adjacent to an activating group) is 1. The van der Waals surface area contributed by atoms with Crippen molar-refractivity contribution in [3.63, 3.8) is 0 Å². The lowest BCUT2D eigenvalue weighted by atomic mass is 10.2. The van der Waals surface area contributed by atoms with Gasteiger partial charge in [0.1, 0.15) is 0 Å². The summed E-state index contributed by atoms with van der Waals surface area (Å²) in [6.07, 6.45) is 0. The number of rotatable bonds is 4. The largest absolute Gasteiger partial charge is 0.338 e. The number of halogens is 1. The number of nitrogens with two attached hydrogens (primary N) is 1. The minimum absolute atomic E-state index is 0.0235. The zero-order chi connectivity index (χ0) is 11.3. The first-order valence-corrected chi connectivity index (χ1v) is 5.73. The Kier molecular flexibility index (Phi) is 4.78. The molecule has 0 radical (unpaired) electrons. The molecule has 0 aromatic heterocycles. The Morgan fingerprint density at radius 1 is 1.47 bits per heavy atom. The molecular formula is C11H15BrN2O. The Balaban J connectivity index is 2.88. The standard InChI is InChI=1S/C11H15BrN2O/c1-2-14(8-7-13)11(15)9-5-3-4-6-10(9)12/h3-6H,2,7-8,13H2,1H3. The van der Waals surface area contributed by atoms with Crippen molar-refractivity contribution in [2.24, 2.45) is 5.73 Å². The predicted octanol–water partition coefficient (Wildman–Crippen LogP) is 1.87. The van der Waals surface area contributed by atoms with Gasteiger partial charge in [0.05, 0.1) is 5.56 Å². The molecule has 82 valence electrons. The molecule has 4 heteroatoms. The van der Waals surface area contributed by atoms with Crippen molar-refractivity contribution in [2.75, 3.05) is 19.6 Å². The highest BCUT2D eigenvalue weighted by Crippen LogP contribution is 2.17. The van der Waals surface area contributed by atoms with E-state index >= 15 is 0 Å². The van der Waals surface area contributed by atoms with Gasteiger partial charge in [-0.3, -0.25) is 4.79 Å². The Labute approximate surface area is 98.4 Å². The van der Waals surface area contributed by atoms with Crippen molar-refractivity contribution < 1.29 is 4.79 Å². The summed E-state index contributed by atoms with van der Waals surface area (Å²) < 4.78 is 0.825. The molecular weight excluding hydrogens is 256 g/mol. The van der Waals surface area contributed by atoms with Crippen LogP contribution in [0.25, 0.3) is 0 Å². The van der Waals surface area contributed by atoms with Gasteiger partial charge in [0.15, 0.2) is 0 Å². The summed E-state index contributed by atoms with van der Waals surface area (Å²) in [5, 5.41) is 0. The average molecular weight is 271 g/mol. The third kappa shape index (κ3) is 3.04. The van der Waals surface area contributed by atoms with Crippen molar-refractivity contribution in [3.8, 4) is 0 Å². The summed E-state index contributed by atoms with van der Waals surface area (Å²) in [4.78, 5) is 13.8. The highest BCUT2D eigenvalue weighted by atomic mass is 79.9. The van der Waals surface area contributed by atoms with Crippen molar-refractivity contribution in [1.29, 1.82) is 0 Å². The molecule has 15 heavy (non-hydrogen) atoms. The molecule has 0 unspecified atom stereocenters. The summed E-state index contributed by atoms with van der Waals surface area (Å²) in [5.74, 6) is 0.0235. The number of hydrogen-bond donors (Lipinski definition) is 1. The van der Waals surface area contributed by atoms with Crippen molar-refractivity contribution in [1.82, 2.24) is 4.90 Å². The van der Waals surface area contributed by atoms with Crippen LogP contribution in [0.5, 0.6) is 0 Å². The van der Waals surface area contributed by atoms with E-state index in [0.717, 1.165) is 4.47 Å². The van der Waals surface area contributed by atoms with Crippen LogP contribution in [0.4, 0.5) is 0 Å². The van der Waals surface area contributed by atoms with Crippen LogP contribution in [-0.4, -0.2) is 30.4 Å². The minimum Gasteiger partial charge on any atom is -0.338 e. The van der Waals surface area contributed by atoms with Crippen LogP contribution in [0, 0.1) is 0 Å². The van der Waals surface area contributed by atoms with E-state index in [1.807, 2.05) is 31.2 Å². The molecule has 1 aromatic rings. The molecule has 0 saturated carbocycles. The van der Waals surface area contributed by atoms with Crippen LogP contribution in [0.1, 0.15) is 17.3 Å². The van der Waals surface area contributed by atoms with E-state index in [1.165, 1.54) is 0 Å². The fourth-order valence-electron chi connectivity index (χ4n) is 1.36. The van der Waals surface area contributed by atoms with Gasteiger partial charge in [0, 0.05) is 24.1 Å². The minimum atomic E-state index is 0.0235. The summed E-state index contributed by atoms with van der Waals surface area (Å²) in [6.45, 7) is 3.71. The van der Waals surface area contributed by atoms with E-state index in [0.29, 0.717) is 25.2 Å². The third-order valence-corrected chi connectivity index (χ3v) is 2.86. The van der Waals surface area contributed by atoms with Gasteiger partial charge < -0.3 is 10.6 Å². The van der Waals surface area contributed by atoms with Gasteiger partial charge in [-0.1, -0.05) is 12.1 Å². The second-order valence-electron chi connectivity index (χ2n) is 3.15. The number of carbonyl (C=O) groups is 1. The lowest BCUT2D eigenvalue weighted by molar-refractivity contribution is 0.0768. The number of nitrogens with zero attached hydrogens (tertiary/aromatic N) is 1. The number of hydrogen-bond acceptors (Lipinski definition) is 2. The summed E-state index contributed by atoms with van der Waals surface area (Å²) in [6, 6.07) is 7.42. The lowest BCUT2D eigenvalue weighted by Gasteiger charge is -2.20. The monoisotopic (exact) mass is 270 g/mol. The van der Waals surface area contributed by atoms with E-state index in [-0.39, 0.29) is 5.91 Å². The molecule has 0 heterocycles. The molecule has 0 spiro atoms. The molecule has 0 fully saturated rings. The van der Waals surface area contributed by atoms with Gasteiger partial charge in [-0.15, -0.1) is 0 Å². The topological polar surface area (TPSA) is 46.3 Å². The van der Waals surface area contributed by atoms with Crippen LogP contribution in [0.3, 0.4) is 0 Å². The summed E-state index contributed by atoms with van der Waals surface area (Å²) in [7, 11) is 0. The maximum Gasteiger partial charge on any atom is 0.255 e. The zero-order valence-electron chi connectivity index (χ0n) is 8.74. The fourth-order valence-corrected chi connectivity index (χ4v) is 1.82. The first-order chi connectivity index (χ1) is 7.20. The van der Waals surface area contributed by atoms with E-state index in [4.69, 9.17) is 5.73 Å². The van der Waals surface area contributed by atoms with Gasteiger partial charge in [0.25, 0.3) is 5.91 Å². The van der Waals surface area contributed by atoms with Crippen molar-refractivity contribution >= 4 is 21.8 Å². The van der Waals surface area contributed by atoms with Gasteiger partial charge in [-0.25, -0.2) is 0 Å². The molecule has 1 amide bonds. The van der Waals surface area contributed by atoms with Crippen LogP contribution >= 0.6 is 15.9 Å². The molecule has 1 aromatic carbocycles. The number of amides is 1. The SMILES string of the molecule is CCN(CCN)C(=O)c1ccccc1Br. The van der Waals surface area contributed by atoms with Crippen molar-refractivity contribution in [3.05, 3.63) is 34.3 Å². The maximum atomic E-state index is 12.0. The maximum absolute atomic E-state index is 12.0. The van der Waals surface area contributed by atoms with E-state index in [2.05, 4.69) is 15.9 Å². The Morgan fingerprint density at radius 2 is 2.13 bits per heavy atom. The summed E-state index contributed by atoms with van der Waals surface area (Å²) in [5.41, 5.74) is 6.14. The molecule has 0 atom stereocenters. The number of carbonyl (C=O) groups excluding carboxylic acids is 1. The van der Waals surface area contributed by atoms with Crippen LogP contribution in [-0.2, 0) is 0 Å². The molecule has 0 aliphatic carbocycles. The molecule has 0 saturated heterocycles. The van der Waals surface area contributed by atoms with Gasteiger partial charge >= 0.3 is 0 Å². The molecule has 0 aliphatic heterocycles. The first-order valence-electron chi connectivity index (χ1n) is 4.94. The molecule has 3 nitrogen and oxygen atoms in total. The zero-order valence-corrected chi connectivity index (χ0v) is 10.3. The summed E-state index contributed by atoms with van der Waals surface area (Å²) >= 11 is 3.37. The van der Waals surface area contributed by atoms with Gasteiger partial charge in [-0.05, 0) is 35.0 Å². The van der Waals surface area contributed by atoms with Gasteiger partial charge in [0.2, 0.25) is 0 Å². The average Bonchev–Trinajstić information content (AvgIpc) is 2.25. The van der Waals surface area contributed by atoms with Crippen LogP contribution in [0.15, 0.2) is 28.7 Å². The van der Waals surface area contributed by atoms with Crippen LogP contribution < -0.4 is 5.73 Å². The van der Waals surface area contributed by atoms with Crippen LogP contribution in [0.2, 0.25) is 0 Å². The van der Waals surface area contributed by atoms with Crippen molar-refractivity contribution in [2.45, 2.75) is 6.92 Å². The molecule has 0 aliphatic rings. The number of benzene rings is 1. The molecule has 0 bridgehead atoms. The van der Waals surface area contributed by atoms with E-state index < -0.39 is 0 Å². The normalized spacial score (nSPS) is 10.1. The van der Waals surface area contributed by atoms with Gasteiger partial charge in [-0.2, -0.15) is 0 Å². The molecule has 1 rings (SSSR count). The third-order valence-electron chi connectivity index (χ3n) is 2.17. The second-order valence-corrected chi connectivity index (χ2v) is 4.01. The Morgan fingerprint density at radius 3 is 2.67 bits per heavy atom. The van der Waals surface area contributed by atoms with E-state index in [1.54, 1.807) is 4.90 Å². The molecule has 2 N–H and O–H groups in total. The highest BCUT2D eigenvalue weighted by molar-refractivity contribution is 9.10. The fraction of sp³-hybridized carbons (Fsp3) is 0.364. The highest BCUT2D eigenvalue weighted by Gasteiger charge is 2.15. The first kappa shape index (κ1) is 12.2. The second kappa shape index (κ2) is 5.88.